The van der Waals surface area contributed by atoms with Crippen LogP contribution in [0.2, 0.25) is 0 Å². The number of benzene rings is 2. The summed E-state index contributed by atoms with van der Waals surface area (Å²) in [4.78, 5) is 32.3. The molecule has 13 heteroatoms. The fourth-order valence-corrected chi connectivity index (χ4v) is 5.78. The molecule has 2 aromatic carbocycles. The number of ether oxygens (including phenoxy) is 1. The molecule has 1 amide bonds. The lowest BCUT2D eigenvalue weighted by atomic mass is 10.2. The lowest BCUT2D eigenvalue weighted by molar-refractivity contribution is -0.116. The monoisotopic (exact) mass is 626 g/mol. The Balaban J connectivity index is 1.60. The highest BCUT2D eigenvalue weighted by atomic mass is 79.9. The van der Waals surface area contributed by atoms with Crippen LogP contribution < -0.4 is 26.0 Å². The molecule has 0 fully saturated rings. The minimum Gasteiger partial charge on any atom is -0.495 e. The lowest BCUT2D eigenvalue weighted by Gasteiger charge is -2.18. The van der Waals surface area contributed by atoms with Gasteiger partial charge in [-0.05, 0) is 86.7 Å². The van der Waals surface area contributed by atoms with Crippen molar-refractivity contribution >= 4 is 74.1 Å². The van der Waals surface area contributed by atoms with Gasteiger partial charge in [-0.25, -0.2) is 4.98 Å². The van der Waals surface area contributed by atoms with Crippen molar-refractivity contribution < 1.29 is 14.1 Å². The van der Waals surface area contributed by atoms with Gasteiger partial charge in [-0.1, -0.05) is 0 Å². The molecule has 210 valence electrons. The van der Waals surface area contributed by atoms with Crippen molar-refractivity contribution in [2.45, 2.75) is 12.8 Å². The molecule has 0 radical (unpaired) electrons. The number of aromatic nitrogens is 4. The van der Waals surface area contributed by atoms with E-state index in [0.717, 1.165) is 13.0 Å². The fraction of sp³-hybridized carbons (Fsp3) is 0.296. The topological polar surface area (TPSA) is 134 Å². The molecule has 0 saturated carbocycles. The molecule has 0 aliphatic carbocycles. The molecule has 0 aliphatic heterocycles. The maximum Gasteiger partial charge on any atom is 0.229 e. The average Bonchev–Trinajstić information content (AvgIpc) is 2.89. The number of nitrogens with one attached hydrogen (secondary N) is 3. The molecule has 4 aromatic rings. The van der Waals surface area contributed by atoms with Gasteiger partial charge in [0.15, 0.2) is 0 Å². The highest BCUT2D eigenvalue weighted by Crippen LogP contribution is 2.41. The molecule has 40 heavy (non-hydrogen) atoms. The van der Waals surface area contributed by atoms with Crippen LogP contribution in [0.15, 0.2) is 53.4 Å². The van der Waals surface area contributed by atoms with E-state index < -0.39 is 7.14 Å². The minimum atomic E-state index is -2.75. The van der Waals surface area contributed by atoms with Crippen LogP contribution in [-0.4, -0.2) is 71.8 Å². The van der Waals surface area contributed by atoms with Crippen molar-refractivity contribution in [1.29, 1.82) is 0 Å². The van der Waals surface area contributed by atoms with Crippen molar-refractivity contribution in [2.24, 2.45) is 0 Å². The molecular formula is C27H32BrN8O3P. The number of halogens is 1. The third-order valence-electron chi connectivity index (χ3n) is 5.89. The second-order valence-corrected chi connectivity index (χ2v) is 13.8. The van der Waals surface area contributed by atoms with Crippen LogP contribution >= 0.6 is 23.1 Å². The molecule has 0 atom stereocenters. The van der Waals surface area contributed by atoms with Gasteiger partial charge in [-0.2, -0.15) is 4.98 Å². The van der Waals surface area contributed by atoms with Gasteiger partial charge in [-0.3, -0.25) is 14.8 Å². The van der Waals surface area contributed by atoms with Gasteiger partial charge >= 0.3 is 0 Å². The first kappa shape index (κ1) is 29.4. The molecule has 2 heterocycles. The number of amides is 1. The predicted molar refractivity (Wildman–Crippen MR) is 164 cm³/mol. The van der Waals surface area contributed by atoms with Gasteiger partial charge < -0.3 is 30.2 Å². The summed E-state index contributed by atoms with van der Waals surface area (Å²) in [5.41, 5.74) is 3.05. The van der Waals surface area contributed by atoms with Gasteiger partial charge in [0, 0.05) is 30.7 Å². The normalized spacial score (nSPS) is 11.5. The third-order valence-corrected chi connectivity index (χ3v) is 8.00. The molecule has 0 aliphatic rings. The minimum absolute atomic E-state index is 0.0654. The van der Waals surface area contributed by atoms with Gasteiger partial charge in [-0.15, -0.1) is 0 Å². The van der Waals surface area contributed by atoms with Gasteiger partial charge in [0.25, 0.3) is 0 Å². The van der Waals surface area contributed by atoms with Crippen LogP contribution in [-0.2, 0) is 9.36 Å². The Kier molecular flexibility index (Phi) is 9.34. The number of anilines is 5. The highest BCUT2D eigenvalue weighted by Gasteiger charge is 2.22. The largest absolute Gasteiger partial charge is 0.495 e. The van der Waals surface area contributed by atoms with E-state index in [1.54, 1.807) is 57.2 Å². The summed E-state index contributed by atoms with van der Waals surface area (Å²) in [6.45, 7) is 4.23. The quantitative estimate of drug-likeness (QED) is 0.190. The maximum atomic E-state index is 13.3. The Morgan fingerprint density at radius 3 is 2.55 bits per heavy atom. The summed E-state index contributed by atoms with van der Waals surface area (Å²) in [6.07, 6.45) is 5.98. The van der Waals surface area contributed by atoms with Gasteiger partial charge in [0.2, 0.25) is 11.9 Å². The third kappa shape index (κ3) is 7.32. The van der Waals surface area contributed by atoms with Gasteiger partial charge in [0.1, 0.15) is 24.2 Å². The molecule has 11 nitrogen and oxygen atoms in total. The van der Waals surface area contributed by atoms with E-state index in [1.807, 2.05) is 31.1 Å². The summed E-state index contributed by atoms with van der Waals surface area (Å²) < 4.78 is 19.4. The van der Waals surface area contributed by atoms with Crippen LogP contribution in [0.4, 0.5) is 28.8 Å². The molecule has 0 unspecified atom stereocenters. The van der Waals surface area contributed by atoms with E-state index in [-0.39, 0.29) is 11.9 Å². The number of fused-ring (bicyclic) bond motifs is 1. The summed E-state index contributed by atoms with van der Waals surface area (Å²) in [6, 6.07) is 8.95. The first-order chi connectivity index (χ1) is 19.0. The summed E-state index contributed by atoms with van der Waals surface area (Å²) in [5, 5.41) is 9.99. The molecular weight excluding hydrogens is 595 g/mol. The average molecular weight is 627 g/mol. The Morgan fingerprint density at radius 2 is 1.82 bits per heavy atom. The van der Waals surface area contributed by atoms with Crippen molar-refractivity contribution in [1.82, 2.24) is 24.8 Å². The van der Waals surface area contributed by atoms with E-state index in [4.69, 9.17) is 4.74 Å². The predicted octanol–water partition coefficient (Wildman–Crippen LogP) is 5.21. The number of nitrogens with zero attached hydrogens (tertiary/aromatic N) is 5. The van der Waals surface area contributed by atoms with Crippen LogP contribution in [0.5, 0.6) is 5.75 Å². The van der Waals surface area contributed by atoms with Crippen molar-refractivity contribution in [3.8, 4) is 5.75 Å². The van der Waals surface area contributed by atoms with E-state index in [2.05, 4.69) is 51.8 Å². The number of hydrogen-bond donors (Lipinski definition) is 3. The lowest BCUT2D eigenvalue weighted by Crippen LogP contribution is -2.17. The maximum absolute atomic E-state index is 13.3. The van der Waals surface area contributed by atoms with Crippen LogP contribution in [0.25, 0.3) is 11.0 Å². The number of hydrogen-bond acceptors (Lipinski definition) is 10. The molecule has 4 rings (SSSR count). The van der Waals surface area contributed by atoms with E-state index in [0.29, 0.717) is 55.9 Å². The Bertz CT molecular complexity index is 1580. The molecule has 0 bridgehead atoms. The fourth-order valence-electron chi connectivity index (χ4n) is 4.09. The van der Waals surface area contributed by atoms with Crippen molar-refractivity contribution in [3.63, 3.8) is 0 Å². The van der Waals surface area contributed by atoms with Gasteiger partial charge in [0.05, 0.1) is 33.8 Å². The summed E-state index contributed by atoms with van der Waals surface area (Å²) in [7, 11) is 2.77. The highest BCUT2D eigenvalue weighted by molar-refractivity contribution is 9.10. The zero-order valence-corrected chi connectivity index (χ0v) is 25.5. The number of carbonyl (C=O) groups excluding carboxylic acids is 1. The molecule has 0 spiro atoms. The second-order valence-electron chi connectivity index (χ2n) is 9.75. The Morgan fingerprint density at radius 1 is 1.05 bits per heavy atom. The standard InChI is InChI=1S/C27H32BrN8O3P/c1-36(2)14-6-7-23(37)32-17-8-11-22(39-3)21(15-17)34-27-31-16-18(28)26(35-27)33-20-10-9-19-24(30-13-12-29-19)25(20)40(4,5)38/h8-13,15-16H,6-7,14H2,1-5H3,(H,32,37)(H2,31,33,34,35). The number of rotatable bonds is 11. The van der Waals surface area contributed by atoms with Crippen LogP contribution in [0.3, 0.4) is 0 Å². The number of carbonyl (C=O) groups is 1. The van der Waals surface area contributed by atoms with Crippen LogP contribution in [0.1, 0.15) is 12.8 Å². The Hall–Kier alpha value is -3.60. The van der Waals surface area contributed by atoms with E-state index in [1.165, 1.54) is 0 Å². The second kappa shape index (κ2) is 12.7. The molecule has 3 N–H and O–H groups in total. The first-order valence-corrected chi connectivity index (χ1v) is 15.9. The van der Waals surface area contributed by atoms with Crippen LogP contribution in [0, 0.1) is 0 Å². The Labute approximate surface area is 241 Å². The zero-order valence-electron chi connectivity index (χ0n) is 23.0. The van der Waals surface area contributed by atoms with Crippen molar-refractivity contribution in [2.75, 3.05) is 57.0 Å². The van der Waals surface area contributed by atoms with E-state index >= 15 is 0 Å². The molecule has 2 aromatic heterocycles. The SMILES string of the molecule is COc1ccc(NC(=O)CCCN(C)C)cc1Nc1ncc(Br)c(Nc2ccc3nccnc3c2P(C)(C)=O)n1. The summed E-state index contributed by atoms with van der Waals surface area (Å²) in [5.74, 6) is 1.24. The van der Waals surface area contributed by atoms with Crippen molar-refractivity contribution in [3.05, 3.63) is 53.4 Å². The molecule has 0 saturated heterocycles. The smallest absolute Gasteiger partial charge is 0.229 e. The van der Waals surface area contributed by atoms with E-state index in [9.17, 15) is 9.36 Å². The first-order valence-electron chi connectivity index (χ1n) is 12.5. The zero-order chi connectivity index (χ0) is 28.9. The summed E-state index contributed by atoms with van der Waals surface area (Å²) >= 11 is 3.51. The number of methoxy groups -OCH3 is 1.